The summed E-state index contributed by atoms with van der Waals surface area (Å²) in [7, 11) is 0. The molecule has 2 nitrogen and oxygen atoms in total. The first-order valence-electron chi connectivity index (χ1n) is 4.23. The quantitative estimate of drug-likeness (QED) is 0.763. The van der Waals surface area contributed by atoms with Crippen molar-refractivity contribution >= 4 is 17.7 Å². The van der Waals surface area contributed by atoms with Crippen molar-refractivity contribution in [2.75, 3.05) is 11.5 Å². The van der Waals surface area contributed by atoms with Crippen LogP contribution in [-0.2, 0) is 11.2 Å². The van der Waals surface area contributed by atoms with Crippen LogP contribution in [0.2, 0.25) is 0 Å². The number of halogens is 1. The lowest BCUT2D eigenvalue weighted by molar-refractivity contribution is -0.133. The summed E-state index contributed by atoms with van der Waals surface area (Å²) in [5.41, 5.74) is 0.644. The molecule has 0 aromatic heterocycles. The Morgan fingerprint density at radius 3 is 2.79 bits per heavy atom. The molecule has 0 aliphatic carbocycles. The van der Waals surface area contributed by atoms with E-state index in [2.05, 4.69) is 0 Å². The Bertz CT molecular complexity index is 315. The zero-order valence-electron chi connectivity index (χ0n) is 7.57. The maximum absolute atomic E-state index is 13.0. The lowest BCUT2D eigenvalue weighted by Crippen LogP contribution is -2.00. The van der Waals surface area contributed by atoms with Gasteiger partial charge in [-0.15, -0.1) is 11.8 Å². The summed E-state index contributed by atoms with van der Waals surface area (Å²) in [4.78, 5) is 10.2. The van der Waals surface area contributed by atoms with Crippen molar-refractivity contribution < 1.29 is 14.3 Å². The van der Waals surface area contributed by atoms with Crippen LogP contribution in [-0.4, -0.2) is 22.6 Å². The van der Waals surface area contributed by atoms with Gasteiger partial charge in [0.2, 0.25) is 0 Å². The number of aliphatic carboxylic acids is 1. The summed E-state index contributed by atoms with van der Waals surface area (Å²) >= 11 is 1.30. The largest absolute Gasteiger partial charge is 0.481 e. The first-order chi connectivity index (χ1) is 6.70. The van der Waals surface area contributed by atoms with Crippen LogP contribution in [0.3, 0.4) is 0 Å². The minimum atomic E-state index is -0.830. The van der Waals surface area contributed by atoms with Crippen molar-refractivity contribution in [3.05, 3.63) is 35.6 Å². The van der Waals surface area contributed by atoms with E-state index >= 15 is 0 Å². The van der Waals surface area contributed by atoms with Gasteiger partial charge in [-0.1, -0.05) is 18.2 Å². The third-order valence-corrected chi connectivity index (χ3v) is 2.64. The van der Waals surface area contributed by atoms with Crippen LogP contribution >= 0.6 is 11.8 Å². The lowest BCUT2D eigenvalue weighted by atomic mass is 10.2. The molecular formula is C10H11FO2S. The first-order valence-corrected chi connectivity index (χ1v) is 5.38. The molecule has 0 bridgehead atoms. The van der Waals surface area contributed by atoms with E-state index in [0.717, 1.165) is 0 Å². The van der Waals surface area contributed by atoms with Gasteiger partial charge >= 0.3 is 5.97 Å². The molecule has 0 amide bonds. The summed E-state index contributed by atoms with van der Waals surface area (Å²) < 4.78 is 13.0. The van der Waals surface area contributed by atoms with Crippen molar-refractivity contribution in [3.8, 4) is 0 Å². The van der Waals surface area contributed by atoms with Crippen LogP contribution in [0.5, 0.6) is 0 Å². The predicted octanol–water partition coefficient (Wildman–Crippen LogP) is 2.19. The maximum Gasteiger partial charge on any atom is 0.313 e. The van der Waals surface area contributed by atoms with Gasteiger partial charge in [-0.05, 0) is 23.8 Å². The van der Waals surface area contributed by atoms with E-state index < -0.39 is 5.97 Å². The Balaban J connectivity index is 2.31. The molecule has 0 aliphatic heterocycles. The van der Waals surface area contributed by atoms with E-state index in [1.165, 1.54) is 17.8 Å². The van der Waals surface area contributed by atoms with Crippen LogP contribution in [0.1, 0.15) is 5.56 Å². The third kappa shape index (κ3) is 3.79. The molecule has 1 aromatic rings. The molecule has 0 aliphatic rings. The second-order valence-electron chi connectivity index (χ2n) is 2.79. The van der Waals surface area contributed by atoms with E-state index in [0.29, 0.717) is 17.7 Å². The molecule has 0 unspecified atom stereocenters. The van der Waals surface area contributed by atoms with Crippen molar-refractivity contribution in [2.45, 2.75) is 6.42 Å². The summed E-state index contributed by atoms with van der Waals surface area (Å²) in [6.07, 6.45) is 0.574. The van der Waals surface area contributed by atoms with Gasteiger partial charge in [0, 0.05) is 0 Å². The molecule has 0 saturated carbocycles. The first kappa shape index (κ1) is 11.0. The zero-order chi connectivity index (χ0) is 10.4. The zero-order valence-corrected chi connectivity index (χ0v) is 8.39. The fourth-order valence-corrected chi connectivity index (χ4v) is 1.73. The van der Waals surface area contributed by atoms with E-state index in [4.69, 9.17) is 5.11 Å². The molecule has 4 heteroatoms. The molecule has 0 heterocycles. The minimum absolute atomic E-state index is 0.0778. The Labute approximate surface area is 86.1 Å². The molecule has 0 fully saturated rings. The van der Waals surface area contributed by atoms with Gasteiger partial charge in [0.1, 0.15) is 5.82 Å². The van der Waals surface area contributed by atoms with E-state index in [9.17, 15) is 9.18 Å². The SMILES string of the molecule is O=C(O)CSCCc1ccccc1F. The Morgan fingerprint density at radius 2 is 2.14 bits per heavy atom. The average molecular weight is 214 g/mol. The van der Waals surface area contributed by atoms with Crippen LogP contribution in [0.15, 0.2) is 24.3 Å². The smallest absolute Gasteiger partial charge is 0.313 e. The summed E-state index contributed by atoms with van der Waals surface area (Å²) in [5.74, 6) is -0.339. The standard InChI is InChI=1S/C10H11FO2S/c11-9-4-2-1-3-8(9)5-6-14-7-10(12)13/h1-4H,5-7H2,(H,12,13). The van der Waals surface area contributed by atoms with Crippen molar-refractivity contribution in [2.24, 2.45) is 0 Å². The molecule has 0 saturated heterocycles. The Kier molecular flexibility index (Phi) is 4.46. The number of hydrogen-bond acceptors (Lipinski definition) is 2. The second-order valence-corrected chi connectivity index (χ2v) is 3.89. The molecule has 0 spiro atoms. The Morgan fingerprint density at radius 1 is 1.43 bits per heavy atom. The molecular weight excluding hydrogens is 203 g/mol. The fraction of sp³-hybridized carbons (Fsp3) is 0.300. The number of aryl methyl sites for hydroxylation is 1. The molecule has 1 rings (SSSR count). The van der Waals surface area contributed by atoms with Crippen molar-refractivity contribution in [3.63, 3.8) is 0 Å². The molecule has 1 N–H and O–H groups in total. The Hall–Kier alpha value is -1.03. The highest BCUT2D eigenvalue weighted by Crippen LogP contribution is 2.10. The van der Waals surface area contributed by atoms with E-state index in [1.807, 2.05) is 0 Å². The molecule has 76 valence electrons. The number of carbonyl (C=O) groups is 1. The average Bonchev–Trinajstić information content (AvgIpc) is 2.15. The van der Waals surface area contributed by atoms with E-state index in [1.54, 1.807) is 18.2 Å². The maximum atomic E-state index is 13.0. The number of carboxylic acids is 1. The summed E-state index contributed by atoms with van der Waals surface area (Å²) in [6, 6.07) is 6.55. The van der Waals surface area contributed by atoms with Gasteiger partial charge in [-0.3, -0.25) is 4.79 Å². The highest BCUT2D eigenvalue weighted by Gasteiger charge is 2.01. The predicted molar refractivity (Wildman–Crippen MR) is 55.1 cm³/mol. The summed E-state index contributed by atoms with van der Waals surface area (Å²) in [6.45, 7) is 0. The number of carboxylic acid groups (broad SMARTS) is 1. The molecule has 1 aromatic carbocycles. The lowest BCUT2D eigenvalue weighted by Gasteiger charge is -2.01. The van der Waals surface area contributed by atoms with Gasteiger partial charge in [-0.2, -0.15) is 0 Å². The number of thioether (sulfide) groups is 1. The van der Waals surface area contributed by atoms with Gasteiger partial charge in [0.15, 0.2) is 0 Å². The number of rotatable bonds is 5. The van der Waals surface area contributed by atoms with Crippen LogP contribution in [0.4, 0.5) is 4.39 Å². The van der Waals surface area contributed by atoms with Crippen LogP contribution in [0.25, 0.3) is 0 Å². The molecule has 0 radical (unpaired) electrons. The third-order valence-electron chi connectivity index (χ3n) is 1.70. The monoisotopic (exact) mass is 214 g/mol. The van der Waals surface area contributed by atoms with Gasteiger partial charge < -0.3 is 5.11 Å². The van der Waals surface area contributed by atoms with Gasteiger partial charge in [0.25, 0.3) is 0 Å². The van der Waals surface area contributed by atoms with Crippen molar-refractivity contribution in [1.29, 1.82) is 0 Å². The number of hydrogen-bond donors (Lipinski definition) is 1. The highest BCUT2D eigenvalue weighted by atomic mass is 32.2. The van der Waals surface area contributed by atoms with Crippen molar-refractivity contribution in [1.82, 2.24) is 0 Å². The van der Waals surface area contributed by atoms with Crippen LogP contribution in [0, 0.1) is 5.82 Å². The normalized spacial score (nSPS) is 10.1. The second kappa shape index (κ2) is 5.65. The molecule has 14 heavy (non-hydrogen) atoms. The fourth-order valence-electron chi connectivity index (χ4n) is 1.04. The van der Waals surface area contributed by atoms with Crippen LogP contribution < -0.4 is 0 Å². The topological polar surface area (TPSA) is 37.3 Å². The minimum Gasteiger partial charge on any atom is -0.481 e. The van der Waals surface area contributed by atoms with Gasteiger partial charge in [-0.25, -0.2) is 4.39 Å². The highest BCUT2D eigenvalue weighted by molar-refractivity contribution is 7.99. The van der Waals surface area contributed by atoms with E-state index in [-0.39, 0.29) is 11.6 Å². The van der Waals surface area contributed by atoms with Gasteiger partial charge in [0.05, 0.1) is 5.75 Å². The molecule has 0 atom stereocenters. The summed E-state index contributed by atoms with van der Waals surface area (Å²) in [5, 5.41) is 8.37. The number of benzene rings is 1.